The lowest BCUT2D eigenvalue weighted by molar-refractivity contribution is 0.638. The molecule has 1 aliphatic rings. The van der Waals surface area contributed by atoms with Crippen molar-refractivity contribution >= 4 is 0 Å². The normalized spacial score (nSPS) is 15.2. The molecule has 3 rings (SSSR count). The Morgan fingerprint density at radius 2 is 2.06 bits per heavy atom. The number of nitrogens with zero attached hydrogens (tertiary/aromatic N) is 3. The van der Waals surface area contributed by atoms with Gasteiger partial charge in [-0.2, -0.15) is 5.10 Å². The minimum Gasteiger partial charge on any atom is -0.307 e. The van der Waals surface area contributed by atoms with Gasteiger partial charge in [-0.25, -0.2) is 9.67 Å². The van der Waals surface area contributed by atoms with E-state index in [2.05, 4.69) is 15.4 Å². The smallest absolute Gasteiger partial charge is 0.146 e. The first-order valence-corrected chi connectivity index (χ1v) is 5.61. The highest BCUT2D eigenvalue weighted by atomic mass is 15.3. The van der Waals surface area contributed by atoms with Crippen LogP contribution in [0.3, 0.4) is 0 Å². The maximum absolute atomic E-state index is 4.28. The highest BCUT2D eigenvalue weighted by molar-refractivity contribution is 5.30. The van der Waals surface area contributed by atoms with Crippen molar-refractivity contribution in [1.29, 1.82) is 0 Å². The summed E-state index contributed by atoms with van der Waals surface area (Å²) in [6.45, 7) is 0.791. The molecule has 2 aromatic rings. The standard InChI is InChI=1S/C12H14N4/c1-2-4-11(5-3-1)16-12(14-9-15-16)8-13-10-6-7-10/h1-5,9-10,13H,6-8H2. The topological polar surface area (TPSA) is 42.7 Å². The Morgan fingerprint density at radius 3 is 2.81 bits per heavy atom. The Labute approximate surface area is 94.3 Å². The molecule has 1 aliphatic carbocycles. The molecular weight excluding hydrogens is 200 g/mol. The quantitative estimate of drug-likeness (QED) is 0.839. The summed E-state index contributed by atoms with van der Waals surface area (Å²) in [7, 11) is 0. The molecule has 1 fully saturated rings. The van der Waals surface area contributed by atoms with Crippen LogP contribution in [0.5, 0.6) is 0 Å². The van der Waals surface area contributed by atoms with Gasteiger partial charge in [0, 0.05) is 6.04 Å². The number of nitrogens with one attached hydrogen (secondary N) is 1. The fourth-order valence-corrected chi connectivity index (χ4v) is 1.69. The molecule has 1 saturated carbocycles. The van der Waals surface area contributed by atoms with Gasteiger partial charge in [0.15, 0.2) is 0 Å². The molecule has 0 unspecified atom stereocenters. The first-order valence-electron chi connectivity index (χ1n) is 5.61. The Hall–Kier alpha value is -1.68. The van der Waals surface area contributed by atoms with Gasteiger partial charge in [0.05, 0.1) is 12.2 Å². The van der Waals surface area contributed by atoms with E-state index in [1.807, 2.05) is 35.0 Å². The summed E-state index contributed by atoms with van der Waals surface area (Å²) in [5.74, 6) is 0.970. The van der Waals surface area contributed by atoms with Crippen molar-refractivity contribution < 1.29 is 0 Å². The highest BCUT2D eigenvalue weighted by Crippen LogP contribution is 2.19. The van der Waals surface area contributed by atoms with Crippen LogP contribution in [0.15, 0.2) is 36.7 Å². The van der Waals surface area contributed by atoms with Crippen LogP contribution in [0, 0.1) is 0 Å². The average Bonchev–Trinajstić information content (AvgIpc) is 3.05. The van der Waals surface area contributed by atoms with Crippen LogP contribution in [-0.2, 0) is 6.54 Å². The molecule has 0 spiro atoms. The second-order valence-electron chi connectivity index (χ2n) is 4.08. The Balaban J connectivity index is 1.81. The third kappa shape index (κ3) is 1.97. The second-order valence-corrected chi connectivity index (χ2v) is 4.08. The fourth-order valence-electron chi connectivity index (χ4n) is 1.69. The van der Waals surface area contributed by atoms with Crippen LogP contribution >= 0.6 is 0 Å². The Bertz CT molecular complexity index is 459. The molecule has 0 amide bonds. The Kier molecular flexibility index (Phi) is 2.42. The summed E-state index contributed by atoms with van der Waals surface area (Å²) in [5.41, 5.74) is 1.06. The van der Waals surface area contributed by atoms with E-state index in [0.29, 0.717) is 6.04 Å². The third-order valence-corrected chi connectivity index (χ3v) is 2.75. The molecule has 0 atom stereocenters. The van der Waals surface area contributed by atoms with Gasteiger partial charge in [-0.15, -0.1) is 0 Å². The van der Waals surface area contributed by atoms with Crippen LogP contribution in [0.1, 0.15) is 18.7 Å². The predicted octanol–water partition coefficient (Wildman–Crippen LogP) is 1.52. The maximum Gasteiger partial charge on any atom is 0.146 e. The van der Waals surface area contributed by atoms with E-state index in [0.717, 1.165) is 18.1 Å². The Morgan fingerprint density at radius 1 is 1.25 bits per heavy atom. The zero-order valence-corrected chi connectivity index (χ0v) is 9.00. The number of rotatable bonds is 4. The summed E-state index contributed by atoms with van der Waals surface area (Å²) in [6.07, 6.45) is 4.19. The number of hydrogen-bond acceptors (Lipinski definition) is 3. The average molecular weight is 214 g/mol. The van der Waals surface area contributed by atoms with E-state index in [1.165, 1.54) is 12.8 Å². The van der Waals surface area contributed by atoms with Crippen molar-refractivity contribution in [2.24, 2.45) is 0 Å². The molecule has 1 aromatic heterocycles. The number of benzene rings is 1. The second kappa shape index (κ2) is 4.06. The molecule has 1 aromatic carbocycles. The minimum absolute atomic E-state index is 0.695. The summed E-state index contributed by atoms with van der Waals surface area (Å²) < 4.78 is 1.88. The fraction of sp³-hybridized carbons (Fsp3) is 0.333. The van der Waals surface area contributed by atoms with E-state index in [4.69, 9.17) is 0 Å². The zero-order valence-electron chi connectivity index (χ0n) is 9.00. The van der Waals surface area contributed by atoms with Gasteiger partial charge in [0.2, 0.25) is 0 Å². The first-order chi connectivity index (χ1) is 7.93. The monoisotopic (exact) mass is 214 g/mol. The van der Waals surface area contributed by atoms with E-state index in [9.17, 15) is 0 Å². The van der Waals surface area contributed by atoms with Crippen molar-refractivity contribution in [2.45, 2.75) is 25.4 Å². The van der Waals surface area contributed by atoms with Gasteiger partial charge >= 0.3 is 0 Å². The largest absolute Gasteiger partial charge is 0.307 e. The lowest BCUT2D eigenvalue weighted by atomic mass is 10.3. The van der Waals surface area contributed by atoms with Crippen LogP contribution < -0.4 is 5.32 Å². The van der Waals surface area contributed by atoms with Gasteiger partial charge in [0.1, 0.15) is 12.2 Å². The van der Waals surface area contributed by atoms with Crippen molar-refractivity contribution in [3.63, 3.8) is 0 Å². The lowest BCUT2D eigenvalue weighted by Crippen LogP contribution is -2.18. The third-order valence-electron chi connectivity index (χ3n) is 2.75. The van der Waals surface area contributed by atoms with E-state index >= 15 is 0 Å². The van der Waals surface area contributed by atoms with Crippen LogP contribution in [-0.4, -0.2) is 20.8 Å². The van der Waals surface area contributed by atoms with Crippen molar-refractivity contribution in [1.82, 2.24) is 20.1 Å². The maximum atomic E-state index is 4.28. The molecule has 16 heavy (non-hydrogen) atoms. The zero-order chi connectivity index (χ0) is 10.8. The molecule has 0 radical (unpaired) electrons. The summed E-state index contributed by atoms with van der Waals surface area (Å²) >= 11 is 0. The molecule has 82 valence electrons. The SMILES string of the molecule is c1ccc(-n2ncnc2CNC2CC2)cc1. The summed E-state index contributed by atoms with van der Waals surface area (Å²) in [4.78, 5) is 4.28. The molecule has 1 N–H and O–H groups in total. The molecule has 0 bridgehead atoms. The highest BCUT2D eigenvalue weighted by Gasteiger charge is 2.21. The molecule has 1 heterocycles. The van der Waals surface area contributed by atoms with Gasteiger partial charge < -0.3 is 5.32 Å². The van der Waals surface area contributed by atoms with Crippen molar-refractivity contribution in [3.8, 4) is 5.69 Å². The van der Waals surface area contributed by atoms with Crippen molar-refractivity contribution in [2.75, 3.05) is 0 Å². The summed E-state index contributed by atoms with van der Waals surface area (Å²) in [6, 6.07) is 10.8. The minimum atomic E-state index is 0.695. The molecule has 4 heteroatoms. The summed E-state index contributed by atoms with van der Waals surface area (Å²) in [5, 5.41) is 7.70. The van der Waals surface area contributed by atoms with E-state index in [-0.39, 0.29) is 0 Å². The van der Waals surface area contributed by atoms with Crippen LogP contribution in [0.4, 0.5) is 0 Å². The lowest BCUT2D eigenvalue weighted by Gasteiger charge is -2.06. The van der Waals surface area contributed by atoms with Crippen LogP contribution in [0.25, 0.3) is 5.69 Å². The molecular formula is C12H14N4. The van der Waals surface area contributed by atoms with Crippen LogP contribution in [0.2, 0.25) is 0 Å². The molecule has 0 saturated heterocycles. The molecule has 4 nitrogen and oxygen atoms in total. The van der Waals surface area contributed by atoms with E-state index in [1.54, 1.807) is 6.33 Å². The number of hydrogen-bond donors (Lipinski definition) is 1. The number of aromatic nitrogens is 3. The predicted molar refractivity (Wildman–Crippen MR) is 61.2 cm³/mol. The van der Waals surface area contributed by atoms with Gasteiger partial charge in [-0.05, 0) is 25.0 Å². The molecule has 0 aliphatic heterocycles. The number of para-hydroxylation sites is 1. The first kappa shape index (κ1) is 9.54. The van der Waals surface area contributed by atoms with Gasteiger partial charge in [-0.3, -0.25) is 0 Å². The van der Waals surface area contributed by atoms with E-state index < -0.39 is 0 Å². The van der Waals surface area contributed by atoms with Crippen molar-refractivity contribution in [3.05, 3.63) is 42.5 Å². The van der Waals surface area contributed by atoms with Gasteiger partial charge in [0.25, 0.3) is 0 Å². The van der Waals surface area contributed by atoms with Gasteiger partial charge in [-0.1, -0.05) is 18.2 Å².